The van der Waals surface area contributed by atoms with Gasteiger partial charge in [0.05, 0.1) is 35.9 Å². The lowest BCUT2D eigenvalue weighted by molar-refractivity contribution is -0.310. The first-order chi connectivity index (χ1) is 17.0. The molecule has 5 saturated carbocycles. The van der Waals surface area contributed by atoms with E-state index in [0.717, 1.165) is 38.5 Å². The molecule has 0 radical (unpaired) electrons. The normalized spacial score (nSPS) is 64.2. The molecule has 5 N–H and O–H groups in total. The van der Waals surface area contributed by atoms with Gasteiger partial charge in [0, 0.05) is 16.7 Å². The van der Waals surface area contributed by atoms with Crippen LogP contribution < -0.4 is 0 Å². The first-order valence-corrected chi connectivity index (χ1v) is 15.0. The molecule has 5 aliphatic carbocycles. The zero-order valence-electron chi connectivity index (χ0n) is 24.1. The summed E-state index contributed by atoms with van der Waals surface area (Å²) in [6, 6.07) is 0. The minimum absolute atomic E-state index is 0.00281. The fourth-order valence-electron chi connectivity index (χ4n) is 12.5. The van der Waals surface area contributed by atoms with Crippen molar-refractivity contribution in [3.8, 4) is 0 Å². The van der Waals surface area contributed by atoms with Crippen molar-refractivity contribution in [2.45, 2.75) is 130 Å². The molecule has 212 valence electrons. The van der Waals surface area contributed by atoms with Crippen molar-refractivity contribution in [3.05, 3.63) is 0 Å². The molecule has 37 heavy (non-hydrogen) atoms. The van der Waals surface area contributed by atoms with Crippen molar-refractivity contribution in [2.24, 2.45) is 56.2 Å². The summed E-state index contributed by atoms with van der Waals surface area (Å²) in [6.45, 7) is 15.7. The van der Waals surface area contributed by atoms with Crippen LogP contribution >= 0.6 is 0 Å². The van der Waals surface area contributed by atoms with Crippen LogP contribution in [0, 0.1) is 56.2 Å². The smallest absolute Gasteiger partial charge is 0.166 e. The van der Waals surface area contributed by atoms with Crippen molar-refractivity contribution in [1.82, 2.24) is 0 Å². The van der Waals surface area contributed by atoms with Gasteiger partial charge in [-0.25, -0.2) is 0 Å². The second-order valence-electron chi connectivity index (χ2n) is 16.2. The maximum atomic E-state index is 12.0. The van der Waals surface area contributed by atoms with Crippen LogP contribution in [0.4, 0.5) is 0 Å². The molecule has 6 fully saturated rings. The molecule has 0 aromatic rings. The molecule has 1 spiro atoms. The molecule has 6 heteroatoms. The van der Waals surface area contributed by atoms with E-state index in [1.165, 1.54) is 0 Å². The number of aliphatic hydroxyl groups is 5. The summed E-state index contributed by atoms with van der Waals surface area (Å²) < 4.78 is 6.82. The maximum Gasteiger partial charge on any atom is 0.166 e. The van der Waals surface area contributed by atoms with Crippen LogP contribution in [0.3, 0.4) is 0 Å². The summed E-state index contributed by atoms with van der Waals surface area (Å²) in [5.74, 6) is 0.448. The number of aliphatic hydroxyl groups excluding tert-OH is 5. The fourth-order valence-corrected chi connectivity index (χ4v) is 12.5. The lowest BCUT2D eigenvalue weighted by Crippen LogP contribution is -2.76. The summed E-state index contributed by atoms with van der Waals surface area (Å²) >= 11 is 0. The van der Waals surface area contributed by atoms with Crippen LogP contribution in [-0.2, 0) is 4.74 Å². The largest absolute Gasteiger partial charge is 0.396 e. The molecule has 6 aliphatic rings. The summed E-state index contributed by atoms with van der Waals surface area (Å²) in [4.78, 5) is 0. The zero-order chi connectivity index (χ0) is 27.2. The van der Waals surface area contributed by atoms with Gasteiger partial charge in [-0.05, 0) is 85.4 Å². The van der Waals surface area contributed by atoms with E-state index >= 15 is 0 Å². The molecular weight excluding hydrogens is 468 g/mol. The third kappa shape index (κ3) is 2.66. The Balaban J connectivity index is 1.48. The summed E-state index contributed by atoms with van der Waals surface area (Å²) in [5, 5.41) is 56.8. The first-order valence-electron chi connectivity index (χ1n) is 15.0. The number of ether oxygens (including phenoxy) is 1. The molecule has 1 aliphatic heterocycles. The average molecular weight is 521 g/mol. The Morgan fingerprint density at radius 1 is 0.757 bits per heavy atom. The zero-order valence-corrected chi connectivity index (χ0v) is 24.1. The van der Waals surface area contributed by atoms with E-state index in [2.05, 4.69) is 48.5 Å². The van der Waals surface area contributed by atoms with Gasteiger partial charge in [0.15, 0.2) is 6.29 Å². The highest BCUT2D eigenvalue weighted by Gasteiger charge is 2.84. The van der Waals surface area contributed by atoms with Crippen molar-refractivity contribution >= 4 is 0 Å². The van der Waals surface area contributed by atoms with Gasteiger partial charge in [-0.1, -0.05) is 48.5 Å². The molecule has 2 bridgehead atoms. The van der Waals surface area contributed by atoms with E-state index in [1.54, 1.807) is 0 Å². The Bertz CT molecular complexity index is 969. The van der Waals surface area contributed by atoms with Gasteiger partial charge < -0.3 is 30.3 Å². The van der Waals surface area contributed by atoms with Gasteiger partial charge in [0.25, 0.3) is 0 Å². The number of rotatable bonds is 1. The van der Waals surface area contributed by atoms with Crippen molar-refractivity contribution in [2.75, 3.05) is 6.61 Å². The average Bonchev–Trinajstić information content (AvgIpc) is 3.02. The number of hydrogen-bond acceptors (Lipinski definition) is 6. The molecule has 6 nitrogen and oxygen atoms in total. The minimum Gasteiger partial charge on any atom is -0.396 e. The Morgan fingerprint density at radius 3 is 2.05 bits per heavy atom. The molecule has 1 saturated heterocycles. The van der Waals surface area contributed by atoms with Crippen molar-refractivity contribution < 1.29 is 30.3 Å². The van der Waals surface area contributed by atoms with Crippen LogP contribution in [0.5, 0.6) is 0 Å². The number of hydrogen-bond donors (Lipinski definition) is 5. The highest BCUT2D eigenvalue weighted by molar-refractivity contribution is 5.30. The molecule has 6 rings (SSSR count). The van der Waals surface area contributed by atoms with E-state index in [4.69, 9.17) is 4.74 Å². The summed E-state index contributed by atoms with van der Waals surface area (Å²) in [5.41, 5.74) is -2.79. The SMILES string of the molecule is C[C@H]1[C@H](O)[C@@]23C(CC1(C)C)[C@]1(CCC4[C@@]5(C)CC[C@H](O)[C@](C)(CO)C5CC[C@@]4(C)[C@]1(C)C[C@H]2O)O[C@@H]3O. The van der Waals surface area contributed by atoms with Gasteiger partial charge in [-0.2, -0.15) is 0 Å². The molecule has 0 aromatic carbocycles. The molecule has 0 amide bonds. The van der Waals surface area contributed by atoms with Gasteiger partial charge in [-0.3, -0.25) is 0 Å². The van der Waals surface area contributed by atoms with Crippen molar-refractivity contribution in [3.63, 3.8) is 0 Å². The fraction of sp³-hybridized carbons (Fsp3) is 1.00. The van der Waals surface area contributed by atoms with E-state index in [-0.39, 0.29) is 46.0 Å². The highest BCUT2D eigenvalue weighted by Crippen LogP contribution is 2.81. The predicted molar refractivity (Wildman–Crippen MR) is 140 cm³/mol. The lowest BCUT2D eigenvalue weighted by atomic mass is 9.30. The minimum atomic E-state index is -1.17. The van der Waals surface area contributed by atoms with E-state index in [1.807, 2.05) is 0 Å². The molecular formula is C31H52O6. The van der Waals surface area contributed by atoms with Crippen LogP contribution in [0.2, 0.25) is 0 Å². The molecule has 14 atom stereocenters. The number of fused-ring (bicyclic) bond motifs is 4. The van der Waals surface area contributed by atoms with Gasteiger partial charge in [-0.15, -0.1) is 0 Å². The highest BCUT2D eigenvalue weighted by atomic mass is 16.6. The van der Waals surface area contributed by atoms with Gasteiger partial charge in [0.2, 0.25) is 0 Å². The molecule has 3 unspecified atom stereocenters. The quantitative estimate of drug-likeness (QED) is 0.359. The predicted octanol–water partition coefficient (Wildman–Crippen LogP) is 3.86. The van der Waals surface area contributed by atoms with Crippen molar-refractivity contribution in [1.29, 1.82) is 0 Å². The Hall–Kier alpha value is -0.240. The Morgan fingerprint density at radius 2 is 1.41 bits per heavy atom. The third-order valence-corrected chi connectivity index (χ3v) is 15.2. The second-order valence-corrected chi connectivity index (χ2v) is 16.2. The van der Waals surface area contributed by atoms with Gasteiger partial charge >= 0.3 is 0 Å². The second kappa shape index (κ2) is 7.53. The van der Waals surface area contributed by atoms with Crippen LogP contribution in [0.15, 0.2) is 0 Å². The van der Waals surface area contributed by atoms with Gasteiger partial charge in [0.1, 0.15) is 0 Å². The molecule has 1 heterocycles. The summed E-state index contributed by atoms with van der Waals surface area (Å²) in [7, 11) is 0. The Labute approximate surface area is 223 Å². The summed E-state index contributed by atoms with van der Waals surface area (Å²) in [6.07, 6.45) is 3.37. The standard InChI is InChI=1S/C31H52O6/c1-17-23(35)31-20(14-25(17,2)3)30(37-24(31)36)13-9-19-26(4)11-10-21(33)27(5,16-32)18(26)8-12-28(19,6)29(30,7)15-22(31)34/h17-24,32-36H,8-16H2,1-7H3/t17-,18?,19?,20?,21-,22+,23-,24-,26-,27+,28+,29-,30-,31+/m0/s1. The van der Waals surface area contributed by atoms with E-state index in [9.17, 15) is 25.5 Å². The van der Waals surface area contributed by atoms with E-state index < -0.39 is 41.0 Å². The monoisotopic (exact) mass is 520 g/mol. The topological polar surface area (TPSA) is 110 Å². The first kappa shape index (κ1) is 27.0. The van der Waals surface area contributed by atoms with Crippen LogP contribution in [-0.4, -0.2) is 62.3 Å². The van der Waals surface area contributed by atoms with E-state index in [0.29, 0.717) is 18.8 Å². The van der Waals surface area contributed by atoms with Crippen LogP contribution in [0.1, 0.15) is 99.8 Å². The lowest BCUT2D eigenvalue weighted by Gasteiger charge is -2.75. The van der Waals surface area contributed by atoms with Crippen LogP contribution in [0.25, 0.3) is 0 Å². The maximum absolute atomic E-state index is 12.0. The third-order valence-electron chi connectivity index (χ3n) is 15.2. The molecule has 0 aromatic heterocycles. The Kier molecular flexibility index (Phi) is 5.48.